The van der Waals surface area contributed by atoms with Gasteiger partial charge in [0.25, 0.3) is 0 Å². The lowest BCUT2D eigenvalue weighted by Crippen LogP contribution is -2.01. The van der Waals surface area contributed by atoms with Gasteiger partial charge in [-0.05, 0) is 36.6 Å². The highest BCUT2D eigenvalue weighted by Gasteiger charge is 2.18. The minimum Gasteiger partial charge on any atom is -0.207 e. The standard InChI is InChI=1S/C15H12ClF3/c1-8-3-4-10(5-9(8)2)15(16)11-6-13(18)14(19)7-12(11)17/h3-7,15H,1-2H3. The van der Waals surface area contributed by atoms with Crippen LogP contribution in [0.1, 0.15) is 27.6 Å². The summed E-state index contributed by atoms with van der Waals surface area (Å²) in [4.78, 5) is 0. The van der Waals surface area contributed by atoms with E-state index in [1.54, 1.807) is 6.07 Å². The van der Waals surface area contributed by atoms with Crippen LogP contribution in [0.3, 0.4) is 0 Å². The molecule has 0 amide bonds. The Labute approximate surface area is 114 Å². The molecule has 2 rings (SSSR count). The second kappa shape index (κ2) is 5.25. The van der Waals surface area contributed by atoms with Crippen LogP contribution in [0.2, 0.25) is 0 Å². The summed E-state index contributed by atoms with van der Waals surface area (Å²) in [5.41, 5.74) is 2.67. The summed E-state index contributed by atoms with van der Waals surface area (Å²) in [6, 6.07) is 6.74. The summed E-state index contributed by atoms with van der Waals surface area (Å²) in [5.74, 6) is -3.17. The Morgan fingerprint density at radius 2 is 1.47 bits per heavy atom. The molecule has 1 unspecified atom stereocenters. The van der Waals surface area contributed by atoms with Gasteiger partial charge in [-0.3, -0.25) is 0 Å². The van der Waals surface area contributed by atoms with Gasteiger partial charge in [0.1, 0.15) is 5.82 Å². The summed E-state index contributed by atoms with van der Waals surface area (Å²) < 4.78 is 39.7. The summed E-state index contributed by atoms with van der Waals surface area (Å²) in [7, 11) is 0. The van der Waals surface area contributed by atoms with E-state index in [1.165, 1.54) is 0 Å². The third kappa shape index (κ3) is 2.76. The van der Waals surface area contributed by atoms with Gasteiger partial charge in [0.2, 0.25) is 0 Å². The molecule has 100 valence electrons. The predicted octanol–water partition coefficient (Wildman–Crippen LogP) is 5.05. The van der Waals surface area contributed by atoms with E-state index in [9.17, 15) is 13.2 Å². The first kappa shape index (κ1) is 13.9. The number of alkyl halides is 1. The number of hydrogen-bond acceptors (Lipinski definition) is 0. The van der Waals surface area contributed by atoms with Gasteiger partial charge < -0.3 is 0 Å². The zero-order valence-electron chi connectivity index (χ0n) is 10.5. The fraction of sp³-hybridized carbons (Fsp3) is 0.200. The van der Waals surface area contributed by atoms with Crippen molar-refractivity contribution in [3.05, 3.63) is 70.0 Å². The van der Waals surface area contributed by atoms with Crippen LogP contribution in [0.5, 0.6) is 0 Å². The summed E-state index contributed by atoms with van der Waals surface area (Å²) in [6.07, 6.45) is 0. The van der Waals surface area contributed by atoms with Crippen molar-refractivity contribution in [1.82, 2.24) is 0 Å². The van der Waals surface area contributed by atoms with Gasteiger partial charge in [0.05, 0.1) is 5.38 Å². The molecule has 1 atom stereocenters. The average Bonchev–Trinajstić information content (AvgIpc) is 2.36. The van der Waals surface area contributed by atoms with E-state index in [4.69, 9.17) is 11.6 Å². The lowest BCUT2D eigenvalue weighted by molar-refractivity contribution is 0.490. The number of rotatable bonds is 2. The topological polar surface area (TPSA) is 0 Å². The second-order valence-corrected chi connectivity index (χ2v) is 4.93. The molecule has 0 aromatic heterocycles. The van der Waals surface area contributed by atoms with Crippen molar-refractivity contribution in [3.63, 3.8) is 0 Å². The first-order valence-corrected chi connectivity index (χ1v) is 6.19. The molecule has 0 saturated carbocycles. The Balaban J connectivity index is 2.46. The van der Waals surface area contributed by atoms with Crippen molar-refractivity contribution in [3.8, 4) is 0 Å². The number of hydrogen-bond donors (Lipinski definition) is 0. The average molecular weight is 285 g/mol. The van der Waals surface area contributed by atoms with E-state index >= 15 is 0 Å². The van der Waals surface area contributed by atoms with Gasteiger partial charge in [-0.15, -0.1) is 11.6 Å². The molecule has 4 heteroatoms. The molecule has 0 N–H and O–H groups in total. The minimum absolute atomic E-state index is 0.0659. The maximum absolute atomic E-state index is 13.7. The van der Waals surface area contributed by atoms with Crippen LogP contribution in [-0.4, -0.2) is 0 Å². The van der Waals surface area contributed by atoms with Crippen LogP contribution in [0, 0.1) is 31.3 Å². The molecule has 0 radical (unpaired) electrons. The maximum Gasteiger partial charge on any atom is 0.161 e. The molecule has 0 saturated heterocycles. The van der Waals surface area contributed by atoms with Gasteiger partial charge >= 0.3 is 0 Å². The molecule has 0 spiro atoms. The molecule has 0 aliphatic carbocycles. The van der Waals surface area contributed by atoms with Crippen molar-refractivity contribution in [2.75, 3.05) is 0 Å². The van der Waals surface area contributed by atoms with Crippen molar-refractivity contribution in [2.24, 2.45) is 0 Å². The molecule has 19 heavy (non-hydrogen) atoms. The molecule has 2 aromatic carbocycles. The molecular weight excluding hydrogens is 273 g/mol. The zero-order chi connectivity index (χ0) is 14.2. The zero-order valence-corrected chi connectivity index (χ0v) is 11.2. The highest BCUT2D eigenvalue weighted by molar-refractivity contribution is 6.22. The van der Waals surface area contributed by atoms with E-state index in [0.29, 0.717) is 11.6 Å². The van der Waals surface area contributed by atoms with E-state index in [1.807, 2.05) is 26.0 Å². The summed E-state index contributed by atoms with van der Waals surface area (Å²) in [6.45, 7) is 3.85. The fourth-order valence-electron chi connectivity index (χ4n) is 1.83. The van der Waals surface area contributed by atoms with E-state index in [-0.39, 0.29) is 5.56 Å². The lowest BCUT2D eigenvalue weighted by Gasteiger charge is -2.13. The van der Waals surface area contributed by atoms with Crippen LogP contribution in [0.25, 0.3) is 0 Å². The van der Waals surface area contributed by atoms with Crippen molar-refractivity contribution in [1.29, 1.82) is 0 Å². The smallest absolute Gasteiger partial charge is 0.161 e. The van der Waals surface area contributed by atoms with Gasteiger partial charge in [-0.1, -0.05) is 18.2 Å². The summed E-state index contributed by atoms with van der Waals surface area (Å²) in [5, 5.41) is -0.852. The van der Waals surface area contributed by atoms with E-state index in [0.717, 1.165) is 17.2 Å². The SMILES string of the molecule is Cc1ccc(C(Cl)c2cc(F)c(F)cc2F)cc1C. The van der Waals surface area contributed by atoms with Gasteiger partial charge in [-0.2, -0.15) is 0 Å². The van der Waals surface area contributed by atoms with E-state index in [2.05, 4.69) is 0 Å². The van der Waals surface area contributed by atoms with Crippen LogP contribution >= 0.6 is 11.6 Å². The van der Waals surface area contributed by atoms with Gasteiger partial charge in [0.15, 0.2) is 11.6 Å². The first-order chi connectivity index (χ1) is 8.90. The van der Waals surface area contributed by atoms with E-state index < -0.39 is 22.8 Å². The normalized spacial score (nSPS) is 12.5. The Bertz CT molecular complexity index is 623. The quantitative estimate of drug-likeness (QED) is 0.535. The van der Waals surface area contributed by atoms with Crippen molar-refractivity contribution >= 4 is 11.6 Å². The van der Waals surface area contributed by atoms with Gasteiger partial charge in [-0.25, -0.2) is 13.2 Å². The highest BCUT2D eigenvalue weighted by Crippen LogP contribution is 2.32. The van der Waals surface area contributed by atoms with Crippen LogP contribution in [0.15, 0.2) is 30.3 Å². The molecule has 2 aromatic rings. The van der Waals surface area contributed by atoms with Crippen molar-refractivity contribution in [2.45, 2.75) is 19.2 Å². The third-order valence-corrected chi connectivity index (χ3v) is 3.62. The second-order valence-electron chi connectivity index (χ2n) is 4.49. The van der Waals surface area contributed by atoms with Crippen LogP contribution in [-0.2, 0) is 0 Å². The Morgan fingerprint density at radius 3 is 2.11 bits per heavy atom. The number of benzene rings is 2. The Kier molecular flexibility index (Phi) is 3.85. The number of halogens is 4. The minimum atomic E-state index is -1.22. The first-order valence-electron chi connectivity index (χ1n) is 5.76. The molecule has 0 fully saturated rings. The Hall–Kier alpha value is -1.48. The molecule has 0 heterocycles. The van der Waals surface area contributed by atoms with Crippen LogP contribution < -0.4 is 0 Å². The Morgan fingerprint density at radius 1 is 0.842 bits per heavy atom. The van der Waals surface area contributed by atoms with Gasteiger partial charge in [0, 0.05) is 11.6 Å². The van der Waals surface area contributed by atoms with Crippen LogP contribution in [0.4, 0.5) is 13.2 Å². The maximum atomic E-state index is 13.7. The largest absolute Gasteiger partial charge is 0.207 e. The molecule has 0 aliphatic rings. The molecule has 0 aliphatic heterocycles. The highest BCUT2D eigenvalue weighted by atomic mass is 35.5. The molecule has 0 bridgehead atoms. The monoisotopic (exact) mass is 284 g/mol. The number of aryl methyl sites for hydroxylation is 2. The third-order valence-electron chi connectivity index (χ3n) is 3.14. The molecular formula is C15H12ClF3. The molecule has 0 nitrogen and oxygen atoms in total. The predicted molar refractivity (Wildman–Crippen MR) is 69.9 cm³/mol. The summed E-state index contributed by atoms with van der Waals surface area (Å²) >= 11 is 6.16. The van der Waals surface area contributed by atoms with Crippen molar-refractivity contribution < 1.29 is 13.2 Å². The lowest BCUT2D eigenvalue weighted by atomic mass is 9.99. The fourth-order valence-corrected chi connectivity index (χ4v) is 2.14.